The molecule has 1 saturated carbocycles. The third kappa shape index (κ3) is 5.34. The number of nitrogens with one attached hydrogen (secondary N) is 1. The Balaban J connectivity index is 1.55. The highest BCUT2D eigenvalue weighted by molar-refractivity contribution is 4.83. The van der Waals surface area contributed by atoms with E-state index in [0.717, 1.165) is 25.1 Å². The largest absolute Gasteiger partial charge is 0.394 e. The zero-order valence-electron chi connectivity index (χ0n) is 10.7. The molecule has 1 unspecified atom stereocenters. The molecule has 2 aliphatic rings. The summed E-state index contributed by atoms with van der Waals surface area (Å²) >= 11 is 0. The number of ether oxygens (including phenoxy) is 1. The summed E-state index contributed by atoms with van der Waals surface area (Å²) in [4.78, 5) is 2.50. The van der Waals surface area contributed by atoms with Crippen molar-refractivity contribution in [1.29, 1.82) is 0 Å². The molecule has 0 radical (unpaired) electrons. The molecule has 1 atom stereocenters. The monoisotopic (exact) mass is 242 g/mol. The van der Waals surface area contributed by atoms with Crippen molar-refractivity contribution in [2.24, 2.45) is 5.92 Å². The van der Waals surface area contributed by atoms with Gasteiger partial charge < -0.3 is 20.1 Å². The van der Waals surface area contributed by atoms with Crippen molar-refractivity contribution in [3.05, 3.63) is 0 Å². The standard InChI is InChI=1S/C13H26N2O2/c16-7-9-17-8-6-15-5-1-2-12(11-15)10-14-13-3-4-13/h12-14,16H,1-11H2. The van der Waals surface area contributed by atoms with E-state index in [-0.39, 0.29) is 6.61 Å². The molecule has 1 saturated heterocycles. The summed E-state index contributed by atoms with van der Waals surface area (Å²) in [5.41, 5.74) is 0. The molecule has 2 rings (SSSR count). The van der Waals surface area contributed by atoms with Gasteiger partial charge in [-0.3, -0.25) is 0 Å². The summed E-state index contributed by atoms with van der Waals surface area (Å²) in [6.45, 7) is 5.99. The molecule has 0 aromatic heterocycles. The number of rotatable bonds is 8. The number of piperidine rings is 1. The minimum Gasteiger partial charge on any atom is -0.394 e. The Labute approximate surface area is 104 Å². The molecule has 2 fully saturated rings. The molecule has 0 bridgehead atoms. The Kier molecular flexibility index (Phi) is 5.71. The highest BCUT2D eigenvalue weighted by Crippen LogP contribution is 2.21. The van der Waals surface area contributed by atoms with Crippen LogP contribution in [0.5, 0.6) is 0 Å². The van der Waals surface area contributed by atoms with E-state index < -0.39 is 0 Å². The van der Waals surface area contributed by atoms with Crippen LogP contribution in [-0.2, 0) is 4.74 Å². The molecule has 0 spiro atoms. The van der Waals surface area contributed by atoms with Crippen molar-refractivity contribution in [1.82, 2.24) is 10.2 Å². The van der Waals surface area contributed by atoms with Crippen molar-refractivity contribution in [2.75, 3.05) is 46.0 Å². The molecule has 2 N–H and O–H groups in total. The molecule has 1 aliphatic heterocycles. The maximum Gasteiger partial charge on any atom is 0.0698 e. The number of hydrogen-bond acceptors (Lipinski definition) is 4. The van der Waals surface area contributed by atoms with Crippen LogP contribution in [0.2, 0.25) is 0 Å². The topological polar surface area (TPSA) is 44.7 Å². The van der Waals surface area contributed by atoms with Gasteiger partial charge in [0.1, 0.15) is 0 Å². The van der Waals surface area contributed by atoms with Gasteiger partial charge in [-0.1, -0.05) is 0 Å². The first-order chi connectivity index (χ1) is 8.38. The second-order valence-electron chi connectivity index (χ2n) is 5.33. The van der Waals surface area contributed by atoms with Crippen molar-refractivity contribution in [3.8, 4) is 0 Å². The molecule has 0 aromatic carbocycles. The molecule has 0 aromatic rings. The summed E-state index contributed by atoms with van der Waals surface area (Å²) in [5, 5.41) is 12.3. The molecule has 1 heterocycles. The first kappa shape index (κ1) is 13.3. The van der Waals surface area contributed by atoms with E-state index in [2.05, 4.69) is 10.2 Å². The van der Waals surface area contributed by atoms with Crippen LogP contribution < -0.4 is 5.32 Å². The fourth-order valence-corrected chi connectivity index (χ4v) is 2.50. The maximum atomic E-state index is 8.63. The van der Waals surface area contributed by atoms with Gasteiger partial charge in [0.15, 0.2) is 0 Å². The number of likely N-dealkylation sites (tertiary alicyclic amines) is 1. The number of nitrogens with zero attached hydrogens (tertiary/aromatic N) is 1. The highest BCUT2D eigenvalue weighted by Gasteiger charge is 2.24. The van der Waals surface area contributed by atoms with Crippen LogP contribution in [-0.4, -0.2) is 62.0 Å². The average Bonchev–Trinajstić information content (AvgIpc) is 3.17. The van der Waals surface area contributed by atoms with Crippen LogP contribution in [0.3, 0.4) is 0 Å². The van der Waals surface area contributed by atoms with Gasteiger partial charge >= 0.3 is 0 Å². The van der Waals surface area contributed by atoms with Crippen molar-refractivity contribution in [3.63, 3.8) is 0 Å². The third-order valence-electron chi connectivity index (χ3n) is 3.66. The fourth-order valence-electron chi connectivity index (χ4n) is 2.50. The molecule has 17 heavy (non-hydrogen) atoms. The first-order valence-electron chi connectivity index (χ1n) is 7.03. The lowest BCUT2D eigenvalue weighted by Crippen LogP contribution is -2.41. The lowest BCUT2D eigenvalue weighted by Gasteiger charge is -2.32. The SMILES string of the molecule is OCCOCCN1CCCC(CNC2CC2)C1. The second-order valence-corrected chi connectivity index (χ2v) is 5.33. The molecule has 0 amide bonds. The first-order valence-corrected chi connectivity index (χ1v) is 7.03. The van der Waals surface area contributed by atoms with Gasteiger partial charge in [-0.15, -0.1) is 0 Å². The molecular formula is C13H26N2O2. The molecular weight excluding hydrogens is 216 g/mol. The second kappa shape index (κ2) is 7.31. The van der Waals surface area contributed by atoms with Crippen LogP contribution >= 0.6 is 0 Å². The smallest absolute Gasteiger partial charge is 0.0698 e. The van der Waals surface area contributed by atoms with E-state index in [4.69, 9.17) is 9.84 Å². The van der Waals surface area contributed by atoms with Crippen LogP contribution in [0.1, 0.15) is 25.7 Å². The van der Waals surface area contributed by atoms with Crippen molar-refractivity contribution in [2.45, 2.75) is 31.7 Å². The Morgan fingerprint density at radius 2 is 2.12 bits per heavy atom. The van der Waals surface area contributed by atoms with Gasteiger partial charge in [0.25, 0.3) is 0 Å². The predicted molar refractivity (Wildman–Crippen MR) is 68.1 cm³/mol. The minimum absolute atomic E-state index is 0.133. The lowest BCUT2D eigenvalue weighted by atomic mass is 9.98. The molecule has 1 aliphatic carbocycles. The Morgan fingerprint density at radius 1 is 1.24 bits per heavy atom. The quantitative estimate of drug-likeness (QED) is 0.607. The summed E-state index contributed by atoms with van der Waals surface area (Å²) < 4.78 is 5.32. The molecule has 100 valence electrons. The van der Waals surface area contributed by atoms with E-state index in [1.54, 1.807) is 0 Å². The fraction of sp³-hybridized carbons (Fsp3) is 1.00. The van der Waals surface area contributed by atoms with E-state index in [1.165, 1.54) is 45.3 Å². The third-order valence-corrected chi connectivity index (χ3v) is 3.66. The predicted octanol–water partition coefficient (Wildman–Crippen LogP) is 0.459. The summed E-state index contributed by atoms with van der Waals surface area (Å²) in [5.74, 6) is 0.821. The highest BCUT2D eigenvalue weighted by atomic mass is 16.5. The average molecular weight is 242 g/mol. The van der Waals surface area contributed by atoms with Gasteiger partial charge in [-0.05, 0) is 44.7 Å². The lowest BCUT2D eigenvalue weighted by molar-refractivity contribution is 0.0625. The van der Waals surface area contributed by atoms with Crippen molar-refractivity contribution >= 4 is 0 Å². The zero-order valence-corrected chi connectivity index (χ0v) is 10.7. The van der Waals surface area contributed by atoms with E-state index in [1.807, 2.05) is 0 Å². The van der Waals surface area contributed by atoms with Crippen molar-refractivity contribution < 1.29 is 9.84 Å². The molecule has 4 heteroatoms. The Morgan fingerprint density at radius 3 is 2.88 bits per heavy atom. The summed E-state index contributed by atoms with van der Waals surface area (Å²) in [6, 6.07) is 0.832. The summed E-state index contributed by atoms with van der Waals surface area (Å²) in [7, 11) is 0. The van der Waals surface area contributed by atoms with Gasteiger partial charge in [0, 0.05) is 19.1 Å². The summed E-state index contributed by atoms with van der Waals surface area (Å²) in [6.07, 6.45) is 5.45. The number of hydrogen-bond donors (Lipinski definition) is 2. The zero-order chi connectivity index (χ0) is 11.9. The number of aliphatic hydroxyl groups is 1. The van der Waals surface area contributed by atoms with Gasteiger partial charge in [0.05, 0.1) is 19.8 Å². The van der Waals surface area contributed by atoms with Crippen LogP contribution in [0, 0.1) is 5.92 Å². The van der Waals surface area contributed by atoms with E-state index in [0.29, 0.717) is 6.61 Å². The van der Waals surface area contributed by atoms with Gasteiger partial charge in [-0.2, -0.15) is 0 Å². The molecule has 4 nitrogen and oxygen atoms in total. The minimum atomic E-state index is 0.133. The normalized spacial score (nSPS) is 26.3. The van der Waals surface area contributed by atoms with E-state index >= 15 is 0 Å². The van der Waals surface area contributed by atoms with Crippen LogP contribution in [0.4, 0.5) is 0 Å². The van der Waals surface area contributed by atoms with E-state index in [9.17, 15) is 0 Å². The van der Waals surface area contributed by atoms with Gasteiger partial charge in [0.2, 0.25) is 0 Å². The van der Waals surface area contributed by atoms with Crippen LogP contribution in [0.15, 0.2) is 0 Å². The van der Waals surface area contributed by atoms with Crippen LogP contribution in [0.25, 0.3) is 0 Å². The van der Waals surface area contributed by atoms with Gasteiger partial charge in [-0.25, -0.2) is 0 Å². The Hall–Kier alpha value is -0.160. The Bertz CT molecular complexity index is 210. The maximum absolute atomic E-state index is 8.63. The number of aliphatic hydroxyl groups excluding tert-OH is 1.